The van der Waals surface area contributed by atoms with Gasteiger partial charge in [0, 0.05) is 12.6 Å². The van der Waals surface area contributed by atoms with E-state index in [0.29, 0.717) is 12.1 Å². The summed E-state index contributed by atoms with van der Waals surface area (Å²) in [4.78, 5) is 0. The Morgan fingerprint density at radius 3 is 2.28 bits per heavy atom. The molecule has 2 atom stereocenters. The summed E-state index contributed by atoms with van der Waals surface area (Å²) >= 11 is 0. The Bertz CT molecular complexity index is 199. The van der Waals surface area contributed by atoms with E-state index >= 15 is 0 Å². The molecule has 2 unspecified atom stereocenters. The summed E-state index contributed by atoms with van der Waals surface area (Å²) < 4.78 is 5.84. The molecule has 0 bridgehead atoms. The number of rotatable bonds is 8. The van der Waals surface area contributed by atoms with Crippen LogP contribution in [-0.2, 0) is 4.74 Å². The van der Waals surface area contributed by atoms with Crippen molar-refractivity contribution in [1.82, 2.24) is 5.32 Å². The summed E-state index contributed by atoms with van der Waals surface area (Å²) in [6, 6.07) is 0.558. The molecule has 0 aliphatic heterocycles. The fourth-order valence-corrected chi connectivity index (χ4v) is 3.35. The van der Waals surface area contributed by atoms with E-state index in [0.717, 1.165) is 25.0 Å². The minimum atomic E-state index is 0.352. The molecule has 0 saturated heterocycles. The summed E-state index contributed by atoms with van der Waals surface area (Å²) in [5.74, 6) is 1.80. The van der Waals surface area contributed by atoms with E-state index in [9.17, 15) is 0 Å². The highest BCUT2D eigenvalue weighted by molar-refractivity contribution is 4.85. The fourth-order valence-electron chi connectivity index (χ4n) is 3.35. The Morgan fingerprint density at radius 1 is 1.11 bits per heavy atom. The maximum atomic E-state index is 5.84. The molecule has 0 spiro atoms. The molecular formula is C16H33NO. The van der Waals surface area contributed by atoms with Crippen molar-refractivity contribution in [1.29, 1.82) is 0 Å². The van der Waals surface area contributed by atoms with Crippen LogP contribution in [0.1, 0.15) is 66.2 Å². The first-order valence-corrected chi connectivity index (χ1v) is 8.07. The molecule has 0 aromatic carbocycles. The largest absolute Gasteiger partial charge is 0.377 e. The van der Waals surface area contributed by atoms with Crippen LogP contribution >= 0.6 is 0 Å². The maximum Gasteiger partial charge on any atom is 0.0702 e. The summed E-state index contributed by atoms with van der Waals surface area (Å²) in [6.07, 6.45) is 8.54. The Kier molecular flexibility index (Phi) is 7.92. The van der Waals surface area contributed by atoms with E-state index in [2.05, 4.69) is 33.0 Å². The van der Waals surface area contributed by atoms with Crippen LogP contribution in [0.2, 0.25) is 0 Å². The van der Waals surface area contributed by atoms with Gasteiger partial charge in [-0.25, -0.2) is 0 Å². The van der Waals surface area contributed by atoms with Gasteiger partial charge in [0.05, 0.1) is 6.10 Å². The second kappa shape index (κ2) is 8.92. The third-order valence-corrected chi connectivity index (χ3v) is 4.54. The summed E-state index contributed by atoms with van der Waals surface area (Å²) in [7, 11) is 0. The van der Waals surface area contributed by atoms with Gasteiger partial charge in [-0.2, -0.15) is 0 Å². The highest BCUT2D eigenvalue weighted by Gasteiger charge is 2.30. The van der Waals surface area contributed by atoms with Crippen molar-refractivity contribution in [2.45, 2.75) is 78.4 Å². The summed E-state index contributed by atoms with van der Waals surface area (Å²) in [5, 5.41) is 3.73. The molecule has 108 valence electrons. The smallest absolute Gasteiger partial charge is 0.0702 e. The van der Waals surface area contributed by atoms with Crippen molar-refractivity contribution in [2.75, 3.05) is 13.2 Å². The van der Waals surface area contributed by atoms with Crippen LogP contribution in [0.15, 0.2) is 0 Å². The second-order valence-electron chi connectivity index (χ2n) is 5.83. The number of hydrogen-bond acceptors (Lipinski definition) is 2. The topological polar surface area (TPSA) is 21.3 Å². The molecule has 18 heavy (non-hydrogen) atoms. The highest BCUT2D eigenvalue weighted by Crippen LogP contribution is 2.33. The lowest BCUT2D eigenvalue weighted by Gasteiger charge is -2.37. The number of hydrogen-bond donors (Lipinski definition) is 1. The average Bonchev–Trinajstić information content (AvgIpc) is 2.40. The normalized spacial score (nSPS) is 28.0. The van der Waals surface area contributed by atoms with Gasteiger partial charge in [-0.1, -0.05) is 33.1 Å². The Hall–Kier alpha value is -0.0800. The minimum absolute atomic E-state index is 0.352. The zero-order chi connectivity index (χ0) is 13.4. The Balaban J connectivity index is 2.48. The summed E-state index contributed by atoms with van der Waals surface area (Å²) in [5.41, 5.74) is 0. The molecule has 0 heterocycles. The molecule has 0 radical (unpaired) electrons. The van der Waals surface area contributed by atoms with Crippen molar-refractivity contribution in [3.05, 3.63) is 0 Å². The van der Waals surface area contributed by atoms with E-state index in [-0.39, 0.29) is 0 Å². The first-order valence-electron chi connectivity index (χ1n) is 8.07. The van der Waals surface area contributed by atoms with Crippen LogP contribution < -0.4 is 5.32 Å². The monoisotopic (exact) mass is 255 g/mol. The molecule has 0 amide bonds. The quantitative estimate of drug-likeness (QED) is 0.708. The predicted molar refractivity (Wildman–Crippen MR) is 78.9 cm³/mol. The lowest BCUT2D eigenvalue weighted by molar-refractivity contribution is 0.0206. The van der Waals surface area contributed by atoms with E-state index in [1.807, 2.05) is 0 Å². The van der Waals surface area contributed by atoms with Gasteiger partial charge < -0.3 is 10.1 Å². The Morgan fingerprint density at radius 2 is 1.78 bits per heavy atom. The van der Waals surface area contributed by atoms with Gasteiger partial charge in [-0.15, -0.1) is 0 Å². The van der Waals surface area contributed by atoms with Crippen molar-refractivity contribution in [3.63, 3.8) is 0 Å². The van der Waals surface area contributed by atoms with Gasteiger partial charge in [0.2, 0.25) is 0 Å². The minimum Gasteiger partial charge on any atom is -0.377 e. The van der Waals surface area contributed by atoms with Crippen molar-refractivity contribution < 1.29 is 4.74 Å². The zero-order valence-corrected chi connectivity index (χ0v) is 12.9. The SMILES string of the molecule is CCCNC(C1CCC(CC)CC1)C(C)OCC. The molecule has 1 N–H and O–H groups in total. The molecule has 1 saturated carbocycles. The average molecular weight is 255 g/mol. The fraction of sp³-hybridized carbons (Fsp3) is 1.00. The molecular weight excluding hydrogens is 222 g/mol. The number of ether oxygens (including phenoxy) is 1. The van der Waals surface area contributed by atoms with Crippen LogP contribution in [0.25, 0.3) is 0 Å². The first kappa shape index (κ1) is 16.0. The molecule has 1 rings (SSSR count). The molecule has 0 aromatic heterocycles. The first-order chi connectivity index (χ1) is 8.72. The molecule has 2 heteroatoms. The van der Waals surface area contributed by atoms with Crippen molar-refractivity contribution >= 4 is 0 Å². The standard InChI is InChI=1S/C16H33NO/c1-5-12-17-16(13(4)18-7-3)15-10-8-14(6-2)9-11-15/h13-17H,5-12H2,1-4H3. The van der Waals surface area contributed by atoms with Gasteiger partial charge in [0.25, 0.3) is 0 Å². The van der Waals surface area contributed by atoms with Crippen LogP contribution in [0, 0.1) is 11.8 Å². The summed E-state index contributed by atoms with van der Waals surface area (Å²) in [6.45, 7) is 10.9. The van der Waals surface area contributed by atoms with Crippen LogP contribution in [0.5, 0.6) is 0 Å². The molecule has 2 nitrogen and oxygen atoms in total. The van der Waals surface area contributed by atoms with Gasteiger partial charge >= 0.3 is 0 Å². The second-order valence-corrected chi connectivity index (χ2v) is 5.83. The lowest BCUT2D eigenvalue weighted by Crippen LogP contribution is -2.46. The molecule has 1 fully saturated rings. The maximum absolute atomic E-state index is 5.84. The van der Waals surface area contributed by atoms with Gasteiger partial charge in [0.15, 0.2) is 0 Å². The highest BCUT2D eigenvalue weighted by atomic mass is 16.5. The molecule has 0 aromatic rings. The van der Waals surface area contributed by atoms with Crippen LogP contribution in [-0.4, -0.2) is 25.3 Å². The zero-order valence-electron chi connectivity index (χ0n) is 12.9. The number of nitrogens with one attached hydrogen (secondary N) is 1. The predicted octanol–water partition coefficient (Wildman–Crippen LogP) is 4.00. The third kappa shape index (κ3) is 4.89. The van der Waals surface area contributed by atoms with Gasteiger partial charge in [0.1, 0.15) is 0 Å². The van der Waals surface area contributed by atoms with E-state index < -0.39 is 0 Å². The van der Waals surface area contributed by atoms with E-state index in [1.165, 1.54) is 38.5 Å². The molecule has 1 aliphatic rings. The van der Waals surface area contributed by atoms with Crippen LogP contribution in [0.3, 0.4) is 0 Å². The van der Waals surface area contributed by atoms with Gasteiger partial charge in [-0.3, -0.25) is 0 Å². The van der Waals surface area contributed by atoms with Crippen LogP contribution in [0.4, 0.5) is 0 Å². The molecule has 1 aliphatic carbocycles. The lowest BCUT2D eigenvalue weighted by atomic mass is 9.76. The van der Waals surface area contributed by atoms with Crippen molar-refractivity contribution in [2.24, 2.45) is 11.8 Å². The Labute approximate surface area is 114 Å². The van der Waals surface area contributed by atoms with Gasteiger partial charge in [-0.05, 0) is 51.5 Å². The van der Waals surface area contributed by atoms with Crippen molar-refractivity contribution in [3.8, 4) is 0 Å². The third-order valence-electron chi connectivity index (χ3n) is 4.54. The van der Waals surface area contributed by atoms with E-state index in [1.54, 1.807) is 0 Å². The van der Waals surface area contributed by atoms with E-state index in [4.69, 9.17) is 4.74 Å².